The Balaban J connectivity index is 1.47. The van der Waals surface area contributed by atoms with Crippen LogP contribution in [0.15, 0.2) is 54.6 Å². The average molecular weight is 339 g/mol. The number of carbonyl (C=O) groups is 1. The van der Waals surface area contributed by atoms with Crippen LogP contribution in [-0.4, -0.2) is 26.2 Å². The van der Waals surface area contributed by atoms with Gasteiger partial charge in [0, 0.05) is 12.0 Å². The number of methoxy groups -OCH3 is 1. The summed E-state index contributed by atoms with van der Waals surface area (Å²) in [6.07, 6.45) is 3.83. The fourth-order valence-electron chi connectivity index (χ4n) is 3.31. The van der Waals surface area contributed by atoms with Gasteiger partial charge in [0.1, 0.15) is 0 Å². The first-order valence-corrected chi connectivity index (χ1v) is 8.82. The van der Waals surface area contributed by atoms with Crippen LogP contribution in [0.1, 0.15) is 31.2 Å². The number of carbonyl (C=O) groups excluding carboxylic acids is 1. The summed E-state index contributed by atoms with van der Waals surface area (Å²) in [7, 11) is 1.61. The second kappa shape index (κ2) is 8.06. The number of para-hydroxylation sites is 2. The van der Waals surface area contributed by atoms with Gasteiger partial charge in [0.05, 0.1) is 20.1 Å². The number of ether oxygens (including phenoxy) is 2. The Labute approximate surface area is 149 Å². The van der Waals surface area contributed by atoms with Gasteiger partial charge in [-0.25, -0.2) is 0 Å². The lowest BCUT2D eigenvalue weighted by Crippen LogP contribution is -2.45. The lowest BCUT2D eigenvalue weighted by atomic mass is 9.64. The summed E-state index contributed by atoms with van der Waals surface area (Å²) < 4.78 is 10.9. The molecule has 132 valence electrons. The number of hydrogen-bond donors (Lipinski definition) is 1. The molecule has 1 aliphatic rings. The summed E-state index contributed by atoms with van der Waals surface area (Å²) in [5.74, 6) is 1.37. The average Bonchev–Trinajstić information content (AvgIpc) is 2.62. The van der Waals surface area contributed by atoms with E-state index < -0.39 is 0 Å². The molecule has 0 saturated heterocycles. The quantitative estimate of drug-likeness (QED) is 0.798. The van der Waals surface area contributed by atoms with Crippen molar-refractivity contribution in [2.24, 2.45) is 0 Å². The van der Waals surface area contributed by atoms with E-state index in [-0.39, 0.29) is 11.3 Å². The zero-order valence-corrected chi connectivity index (χ0v) is 14.7. The van der Waals surface area contributed by atoms with E-state index in [0.29, 0.717) is 31.1 Å². The van der Waals surface area contributed by atoms with E-state index in [1.807, 2.05) is 30.3 Å². The van der Waals surface area contributed by atoms with E-state index in [4.69, 9.17) is 9.47 Å². The Bertz CT molecular complexity index is 695. The molecular weight excluding hydrogens is 314 g/mol. The third-order valence-electron chi connectivity index (χ3n) is 4.98. The van der Waals surface area contributed by atoms with E-state index in [0.717, 1.165) is 12.8 Å². The van der Waals surface area contributed by atoms with Gasteiger partial charge < -0.3 is 14.8 Å². The van der Waals surface area contributed by atoms with Gasteiger partial charge in [-0.1, -0.05) is 48.9 Å². The minimum atomic E-state index is 0.0251. The topological polar surface area (TPSA) is 47.6 Å². The molecule has 0 spiro atoms. The molecule has 1 aliphatic carbocycles. The Morgan fingerprint density at radius 1 is 1.04 bits per heavy atom. The first kappa shape index (κ1) is 17.3. The van der Waals surface area contributed by atoms with Crippen molar-refractivity contribution in [1.29, 1.82) is 0 Å². The van der Waals surface area contributed by atoms with Crippen molar-refractivity contribution in [1.82, 2.24) is 5.32 Å². The molecule has 4 heteroatoms. The number of nitrogens with one attached hydrogen (secondary N) is 1. The maximum absolute atomic E-state index is 12.2. The summed E-state index contributed by atoms with van der Waals surface area (Å²) >= 11 is 0. The second-order valence-corrected chi connectivity index (χ2v) is 6.53. The summed E-state index contributed by atoms with van der Waals surface area (Å²) in [6.45, 7) is 1.04. The van der Waals surface area contributed by atoms with Gasteiger partial charge >= 0.3 is 0 Å². The molecule has 2 aromatic carbocycles. The van der Waals surface area contributed by atoms with E-state index >= 15 is 0 Å². The van der Waals surface area contributed by atoms with Crippen LogP contribution in [0.5, 0.6) is 11.5 Å². The van der Waals surface area contributed by atoms with E-state index in [1.54, 1.807) is 7.11 Å². The van der Waals surface area contributed by atoms with Gasteiger partial charge in [0.25, 0.3) is 0 Å². The Morgan fingerprint density at radius 3 is 2.36 bits per heavy atom. The summed E-state index contributed by atoms with van der Waals surface area (Å²) in [5, 5.41) is 3.09. The molecule has 0 radical (unpaired) electrons. The van der Waals surface area contributed by atoms with Crippen LogP contribution in [0.3, 0.4) is 0 Å². The van der Waals surface area contributed by atoms with Gasteiger partial charge in [-0.2, -0.15) is 0 Å². The lowest BCUT2D eigenvalue weighted by Gasteiger charge is -2.42. The van der Waals surface area contributed by atoms with Crippen LogP contribution in [0, 0.1) is 0 Å². The number of benzene rings is 2. The normalized spacial score (nSPS) is 15.1. The molecule has 0 unspecified atom stereocenters. The summed E-state index contributed by atoms with van der Waals surface area (Å²) in [5.41, 5.74) is 1.44. The summed E-state index contributed by atoms with van der Waals surface area (Å²) in [4.78, 5) is 12.2. The van der Waals surface area contributed by atoms with Gasteiger partial charge in [-0.15, -0.1) is 0 Å². The molecule has 0 aromatic heterocycles. The monoisotopic (exact) mass is 339 g/mol. The molecule has 1 N–H and O–H groups in total. The van der Waals surface area contributed by atoms with Crippen molar-refractivity contribution >= 4 is 5.91 Å². The highest BCUT2D eigenvalue weighted by atomic mass is 16.5. The van der Waals surface area contributed by atoms with Crippen molar-refractivity contribution in [3.63, 3.8) is 0 Å². The molecule has 1 saturated carbocycles. The smallest absolute Gasteiger partial charge is 0.223 e. The lowest BCUT2D eigenvalue weighted by molar-refractivity contribution is -0.122. The van der Waals surface area contributed by atoms with E-state index in [1.165, 1.54) is 12.0 Å². The van der Waals surface area contributed by atoms with Crippen LogP contribution in [0.2, 0.25) is 0 Å². The van der Waals surface area contributed by atoms with Crippen molar-refractivity contribution in [2.45, 2.75) is 31.1 Å². The number of amides is 1. The van der Waals surface area contributed by atoms with Crippen LogP contribution < -0.4 is 14.8 Å². The minimum Gasteiger partial charge on any atom is -0.493 e. The molecule has 0 bridgehead atoms. The molecule has 4 nitrogen and oxygen atoms in total. The molecule has 0 atom stereocenters. The van der Waals surface area contributed by atoms with Crippen LogP contribution in [0.4, 0.5) is 0 Å². The highest BCUT2D eigenvalue weighted by Gasteiger charge is 2.38. The number of hydrogen-bond acceptors (Lipinski definition) is 3. The van der Waals surface area contributed by atoms with Crippen LogP contribution in [0.25, 0.3) is 0 Å². The minimum absolute atomic E-state index is 0.0251. The molecule has 2 aromatic rings. The van der Waals surface area contributed by atoms with E-state index in [2.05, 4.69) is 29.6 Å². The Morgan fingerprint density at radius 2 is 1.72 bits per heavy atom. The van der Waals surface area contributed by atoms with Crippen LogP contribution in [-0.2, 0) is 10.2 Å². The van der Waals surface area contributed by atoms with E-state index in [9.17, 15) is 4.79 Å². The van der Waals surface area contributed by atoms with Crippen molar-refractivity contribution in [3.05, 3.63) is 60.2 Å². The Kier molecular flexibility index (Phi) is 5.59. The van der Waals surface area contributed by atoms with Gasteiger partial charge in [0.15, 0.2) is 11.5 Å². The van der Waals surface area contributed by atoms with Crippen molar-refractivity contribution in [3.8, 4) is 11.5 Å². The predicted octanol–water partition coefficient (Wildman–Crippen LogP) is 3.70. The fourth-order valence-corrected chi connectivity index (χ4v) is 3.31. The first-order valence-electron chi connectivity index (χ1n) is 8.82. The largest absolute Gasteiger partial charge is 0.493 e. The zero-order chi connectivity index (χ0) is 17.5. The Hall–Kier alpha value is -2.49. The standard InChI is InChI=1S/C21H25NO3/c1-24-18-10-5-6-11-19(18)25-15-12-20(23)22-16-21(13-7-14-21)17-8-3-2-4-9-17/h2-6,8-11H,7,12-16H2,1H3,(H,22,23). The molecular formula is C21H25NO3. The SMILES string of the molecule is COc1ccccc1OCCC(=O)NCC1(c2ccccc2)CCC1. The maximum atomic E-state index is 12.2. The molecule has 25 heavy (non-hydrogen) atoms. The third kappa shape index (κ3) is 4.13. The van der Waals surface area contributed by atoms with Gasteiger partial charge in [0.2, 0.25) is 5.91 Å². The highest BCUT2D eigenvalue weighted by molar-refractivity contribution is 5.76. The van der Waals surface area contributed by atoms with Crippen molar-refractivity contribution < 1.29 is 14.3 Å². The molecule has 1 fully saturated rings. The summed E-state index contributed by atoms with van der Waals surface area (Å²) in [6, 6.07) is 18.0. The third-order valence-corrected chi connectivity index (χ3v) is 4.98. The van der Waals surface area contributed by atoms with Crippen molar-refractivity contribution in [2.75, 3.05) is 20.3 Å². The van der Waals surface area contributed by atoms with Crippen LogP contribution >= 0.6 is 0 Å². The molecule has 0 heterocycles. The zero-order valence-electron chi connectivity index (χ0n) is 14.7. The molecule has 1 amide bonds. The predicted molar refractivity (Wildman–Crippen MR) is 98.1 cm³/mol. The van der Waals surface area contributed by atoms with Gasteiger partial charge in [-0.3, -0.25) is 4.79 Å². The maximum Gasteiger partial charge on any atom is 0.223 e. The second-order valence-electron chi connectivity index (χ2n) is 6.53. The fraction of sp³-hybridized carbons (Fsp3) is 0.381. The molecule has 0 aliphatic heterocycles. The highest BCUT2D eigenvalue weighted by Crippen LogP contribution is 2.43. The molecule has 3 rings (SSSR count). The first-order chi connectivity index (χ1) is 12.2. The van der Waals surface area contributed by atoms with Gasteiger partial charge in [-0.05, 0) is 30.5 Å². The number of rotatable bonds is 8.